The molecule has 0 aromatic carbocycles. The van der Waals surface area contributed by atoms with Crippen LogP contribution in [-0.2, 0) is 19.2 Å². The number of hydrogen-bond acceptors (Lipinski definition) is 4. The van der Waals surface area contributed by atoms with Crippen molar-refractivity contribution in [3.63, 3.8) is 0 Å². The summed E-state index contributed by atoms with van der Waals surface area (Å²) in [5, 5.41) is 17.7. The van der Waals surface area contributed by atoms with Gasteiger partial charge in [-0.05, 0) is 25.7 Å². The number of carbonyl (C=O) groups excluding carboxylic acids is 2. The van der Waals surface area contributed by atoms with Crippen LogP contribution in [0.1, 0.15) is 38.5 Å². The molecule has 0 fully saturated rings. The maximum atomic E-state index is 10.8. The van der Waals surface area contributed by atoms with E-state index in [4.69, 9.17) is 21.7 Å². The molecule has 0 rings (SSSR count). The topological polar surface area (TPSA) is 161 Å². The lowest BCUT2D eigenvalue weighted by Gasteiger charge is -2.04. The minimum atomic E-state index is -1.18. The Hall–Kier alpha value is -2.64. The molecular formula is C14H20N2O6. The zero-order valence-corrected chi connectivity index (χ0v) is 12.1. The predicted molar refractivity (Wildman–Crippen MR) is 77.5 cm³/mol. The predicted octanol–water partition coefficient (Wildman–Crippen LogP) is 0.320. The molecule has 0 aliphatic rings. The molecule has 0 spiro atoms. The zero-order valence-electron chi connectivity index (χ0n) is 12.1. The minimum Gasteiger partial charge on any atom is -0.478 e. The van der Waals surface area contributed by atoms with Crippen LogP contribution < -0.4 is 11.5 Å². The first-order chi connectivity index (χ1) is 10.2. The smallest absolute Gasteiger partial charge is 0.331 e. The molecule has 6 N–H and O–H groups in total. The summed E-state index contributed by atoms with van der Waals surface area (Å²) in [6.07, 6.45) is 4.59. The van der Waals surface area contributed by atoms with Crippen LogP contribution in [0, 0.1) is 0 Å². The SMILES string of the molecule is NC(=O)C=C(CCCCCCC(=CC(N)=O)C(=O)O)C(=O)O. The van der Waals surface area contributed by atoms with Crippen molar-refractivity contribution < 1.29 is 29.4 Å². The Morgan fingerprint density at radius 1 is 0.682 bits per heavy atom. The van der Waals surface area contributed by atoms with Gasteiger partial charge in [-0.1, -0.05) is 12.8 Å². The number of primary amides is 2. The van der Waals surface area contributed by atoms with Crippen LogP contribution in [0.2, 0.25) is 0 Å². The van der Waals surface area contributed by atoms with E-state index in [9.17, 15) is 19.2 Å². The Morgan fingerprint density at radius 3 is 1.23 bits per heavy atom. The number of hydrogen-bond donors (Lipinski definition) is 4. The normalized spacial score (nSPS) is 12.0. The summed E-state index contributed by atoms with van der Waals surface area (Å²) in [7, 11) is 0. The third-order valence-corrected chi connectivity index (χ3v) is 2.82. The van der Waals surface area contributed by atoms with Gasteiger partial charge in [-0.2, -0.15) is 0 Å². The van der Waals surface area contributed by atoms with Gasteiger partial charge in [0.05, 0.1) is 0 Å². The molecule has 122 valence electrons. The second-order valence-electron chi connectivity index (χ2n) is 4.67. The fourth-order valence-electron chi connectivity index (χ4n) is 1.81. The molecule has 8 nitrogen and oxygen atoms in total. The van der Waals surface area contributed by atoms with Gasteiger partial charge in [0.1, 0.15) is 0 Å². The number of carboxylic acid groups (broad SMARTS) is 2. The number of amides is 2. The largest absolute Gasteiger partial charge is 0.478 e. The number of unbranched alkanes of at least 4 members (excludes halogenated alkanes) is 3. The average Bonchev–Trinajstić information content (AvgIpc) is 2.38. The van der Waals surface area contributed by atoms with Gasteiger partial charge >= 0.3 is 11.9 Å². The first kappa shape index (κ1) is 19.4. The quantitative estimate of drug-likeness (QED) is 0.317. The summed E-state index contributed by atoms with van der Waals surface area (Å²) in [6.45, 7) is 0. The number of nitrogens with two attached hydrogens (primary N) is 2. The lowest BCUT2D eigenvalue weighted by Crippen LogP contribution is -2.11. The van der Waals surface area contributed by atoms with E-state index in [1.165, 1.54) is 0 Å². The molecular weight excluding hydrogens is 292 g/mol. The molecule has 0 saturated heterocycles. The van der Waals surface area contributed by atoms with Gasteiger partial charge in [0, 0.05) is 23.3 Å². The molecule has 2 amide bonds. The Bertz CT molecular complexity index is 461. The molecule has 0 unspecified atom stereocenters. The van der Waals surface area contributed by atoms with Crippen LogP contribution in [0.4, 0.5) is 0 Å². The van der Waals surface area contributed by atoms with E-state index in [0.29, 0.717) is 25.7 Å². The highest BCUT2D eigenvalue weighted by Gasteiger charge is 2.10. The second-order valence-corrected chi connectivity index (χ2v) is 4.67. The summed E-state index contributed by atoms with van der Waals surface area (Å²) in [5.74, 6) is -3.98. The van der Waals surface area contributed by atoms with Crippen molar-refractivity contribution in [1.29, 1.82) is 0 Å². The Kier molecular flexibility index (Phi) is 8.92. The third-order valence-electron chi connectivity index (χ3n) is 2.82. The van der Waals surface area contributed by atoms with Crippen molar-refractivity contribution in [2.45, 2.75) is 38.5 Å². The van der Waals surface area contributed by atoms with Gasteiger partial charge in [0.2, 0.25) is 11.8 Å². The molecule has 8 heteroatoms. The summed E-state index contributed by atoms with van der Waals surface area (Å²) in [4.78, 5) is 43.0. The Labute approximate surface area is 127 Å². The molecule has 0 saturated carbocycles. The highest BCUT2D eigenvalue weighted by Crippen LogP contribution is 2.14. The molecule has 0 aliphatic carbocycles. The van der Waals surface area contributed by atoms with E-state index in [2.05, 4.69) is 0 Å². The lowest BCUT2D eigenvalue weighted by atomic mass is 10.0. The van der Waals surface area contributed by atoms with E-state index in [1.54, 1.807) is 0 Å². The first-order valence-corrected chi connectivity index (χ1v) is 6.70. The fraction of sp³-hybridized carbons (Fsp3) is 0.429. The van der Waals surface area contributed by atoms with E-state index < -0.39 is 23.8 Å². The van der Waals surface area contributed by atoms with Crippen LogP contribution in [0.15, 0.2) is 23.3 Å². The van der Waals surface area contributed by atoms with Crippen LogP contribution in [0.3, 0.4) is 0 Å². The molecule has 0 radical (unpaired) electrons. The average molecular weight is 312 g/mol. The molecule has 0 aromatic rings. The van der Waals surface area contributed by atoms with Crippen molar-refractivity contribution in [1.82, 2.24) is 0 Å². The van der Waals surface area contributed by atoms with Crippen molar-refractivity contribution in [2.75, 3.05) is 0 Å². The Balaban J connectivity index is 4.13. The molecule has 0 aliphatic heterocycles. The van der Waals surface area contributed by atoms with Gasteiger partial charge in [-0.15, -0.1) is 0 Å². The van der Waals surface area contributed by atoms with Crippen LogP contribution in [-0.4, -0.2) is 34.0 Å². The van der Waals surface area contributed by atoms with E-state index in [-0.39, 0.29) is 24.0 Å². The highest BCUT2D eigenvalue weighted by molar-refractivity contribution is 5.97. The van der Waals surface area contributed by atoms with Crippen LogP contribution in [0.5, 0.6) is 0 Å². The van der Waals surface area contributed by atoms with Crippen LogP contribution in [0.25, 0.3) is 0 Å². The zero-order chi connectivity index (χ0) is 17.1. The van der Waals surface area contributed by atoms with Crippen molar-refractivity contribution in [3.8, 4) is 0 Å². The van der Waals surface area contributed by atoms with Gasteiger partial charge in [-0.3, -0.25) is 9.59 Å². The minimum absolute atomic E-state index is 0.0488. The molecule has 0 atom stereocenters. The van der Waals surface area contributed by atoms with E-state index in [1.807, 2.05) is 0 Å². The number of rotatable bonds is 11. The summed E-state index contributed by atoms with van der Waals surface area (Å²) >= 11 is 0. The maximum Gasteiger partial charge on any atom is 0.331 e. The van der Waals surface area contributed by atoms with Gasteiger partial charge < -0.3 is 21.7 Å². The summed E-state index contributed by atoms with van der Waals surface area (Å²) < 4.78 is 0. The van der Waals surface area contributed by atoms with Crippen molar-refractivity contribution in [2.24, 2.45) is 11.5 Å². The molecule has 22 heavy (non-hydrogen) atoms. The maximum absolute atomic E-state index is 10.8. The highest BCUT2D eigenvalue weighted by atomic mass is 16.4. The molecule has 0 aromatic heterocycles. The molecule has 0 heterocycles. The van der Waals surface area contributed by atoms with Crippen molar-refractivity contribution >= 4 is 23.8 Å². The van der Waals surface area contributed by atoms with Gasteiger partial charge in [0.15, 0.2) is 0 Å². The lowest BCUT2D eigenvalue weighted by molar-refractivity contribution is -0.134. The number of aliphatic carboxylic acids is 2. The van der Waals surface area contributed by atoms with Gasteiger partial charge in [0.25, 0.3) is 0 Å². The van der Waals surface area contributed by atoms with E-state index >= 15 is 0 Å². The Morgan fingerprint density at radius 2 is 1.00 bits per heavy atom. The standard InChI is InChI=1S/C14H20N2O6/c15-11(17)7-9(13(19)20)5-3-1-2-4-6-10(14(21)22)8-12(16)18/h7-8H,1-6H2,(H2,15,17)(H2,16,18)(H,19,20)(H,21,22). The fourth-order valence-corrected chi connectivity index (χ4v) is 1.81. The monoisotopic (exact) mass is 312 g/mol. The first-order valence-electron chi connectivity index (χ1n) is 6.70. The van der Waals surface area contributed by atoms with Gasteiger partial charge in [-0.25, -0.2) is 9.59 Å². The third kappa shape index (κ3) is 9.29. The summed E-state index contributed by atoms with van der Waals surface area (Å²) in [5.41, 5.74) is 9.71. The molecule has 0 bridgehead atoms. The van der Waals surface area contributed by atoms with E-state index in [0.717, 1.165) is 12.2 Å². The number of carbonyl (C=O) groups is 4. The van der Waals surface area contributed by atoms with Crippen molar-refractivity contribution in [3.05, 3.63) is 23.3 Å². The summed E-state index contributed by atoms with van der Waals surface area (Å²) in [6, 6.07) is 0. The second kappa shape index (κ2) is 10.1. The van der Waals surface area contributed by atoms with Crippen LogP contribution >= 0.6 is 0 Å². The number of carboxylic acids is 2.